The number of unbranched alkanes of at least 4 members (excludes halogenated alkanes) is 6. The number of aryl methyl sites for hydroxylation is 2. The third-order valence-corrected chi connectivity index (χ3v) is 3.61. The van der Waals surface area contributed by atoms with Crippen molar-refractivity contribution >= 4 is 0 Å². The lowest BCUT2D eigenvalue weighted by Crippen LogP contribution is -1.90. The number of rotatable bonds is 7. The molecular weight excluding hydrogens is 228 g/mol. The third kappa shape index (κ3) is 5.97. The zero-order chi connectivity index (χ0) is 13.9. The highest BCUT2D eigenvalue weighted by Crippen LogP contribution is 2.13. The Labute approximate surface area is 119 Å². The summed E-state index contributed by atoms with van der Waals surface area (Å²) in [7, 11) is 0. The van der Waals surface area contributed by atoms with E-state index in [1.54, 1.807) is 0 Å². The van der Waals surface area contributed by atoms with Gasteiger partial charge < -0.3 is 0 Å². The monoisotopic (exact) mass is 256 g/mol. The molecule has 0 amide bonds. The molecule has 0 saturated heterocycles. The first-order valence-corrected chi connectivity index (χ1v) is 7.87. The Morgan fingerprint density at radius 2 is 1.68 bits per heavy atom. The SMILES string of the molecule is CCCCCCCCC#Cc1c(C)cccc1CC. The fourth-order valence-electron chi connectivity index (χ4n) is 2.35. The second-order valence-corrected chi connectivity index (χ2v) is 5.28. The summed E-state index contributed by atoms with van der Waals surface area (Å²) in [5.41, 5.74) is 3.96. The molecule has 0 aromatic heterocycles. The summed E-state index contributed by atoms with van der Waals surface area (Å²) in [6, 6.07) is 6.49. The zero-order valence-corrected chi connectivity index (χ0v) is 12.9. The third-order valence-electron chi connectivity index (χ3n) is 3.61. The Balaban J connectivity index is 2.38. The van der Waals surface area contributed by atoms with Gasteiger partial charge in [0.25, 0.3) is 0 Å². The molecule has 0 bridgehead atoms. The molecule has 0 aliphatic heterocycles. The van der Waals surface area contributed by atoms with Gasteiger partial charge in [-0.15, -0.1) is 0 Å². The fraction of sp³-hybridized carbons (Fsp3) is 0.579. The van der Waals surface area contributed by atoms with Crippen molar-refractivity contribution in [1.29, 1.82) is 0 Å². The Kier molecular flexibility index (Phi) is 8.07. The Bertz CT molecular complexity index is 417. The molecule has 0 aliphatic carbocycles. The summed E-state index contributed by atoms with van der Waals surface area (Å²) in [5.74, 6) is 6.74. The minimum atomic E-state index is 1.05. The molecule has 0 atom stereocenters. The summed E-state index contributed by atoms with van der Waals surface area (Å²) < 4.78 is 0. The van der Waals surface area contributed by atoms with Gasteiger partial charge in [-0.05, 0) is 30.9 Å². The van der Waals surface area contributed by atoms with E-state index in [0.29, 0.717) is 0 Å². The van der Waals surface area contributed by atoms with Crippen LogP contribution in [-0.4, -0.2) is 0 Å². The van der Waals surface area contributed by atoms with E-state index in [9.17, 15) is 0 Å². The van der Waals surface area contributed by atoms with Crippen LogP contribution in [-0.2, 0) is 6.42 Å². The molecule has 104 valence electrons. The smallest absolute Gasteiger partial charge is 0.0306 e. The molecule has 0 spiro atoms. The van der Waals surface area contributed by atoms with Crippen LogP contribution in [0.3, 0.4) is 0 Å². The largest absolute Gasteiger partial charge is 0.0979 e. The molecular formula is C19H28. The first kappa shape index (κ1) is 15.8. The van der Waals surface area contributed by atoms with E-state index >= 15 is 0 Å². The van der Waals surface area contributed by atoms with Gasteiger partial charge in [0.05, 0.1) is 0 Å². The fourth-order valence-corrected chi connectivity index (χ4v) is 2.35. The quantitative estimate of drug-likeness (QED) is 0.436. The van der Waals surface area contributed by atoms with Crippen molar-refractivity contribution in [1.82, 2.24) is 0 Å². The normalized spacial score (nSPS) is 10.1. The van der Waals surface area contributed by atoms with Crippen molar-refractivity contribution in [3.8, 4) is 11.8 Å². The lowest BCUT2D eigenvalue weighted by Gasteiger charge is -2.04. The topological polar surface area (TPSA) is 0 Å². The second-order valence-electron chi connectivity index (χ2n) is 5.28. The summed E-state index contributed by atoms with van der Waals surface area (Å²) in [4.78, 5) is 0. The molecule has 0 heterocycles. The molecule has 0 saturated carbocycles. The average molecular weight is 256 g/mol. The van der Waals surface area contributed by atoms with Gasteiger partial charge in [0.15, 0.2) is 0 Å². The zero-order valence-electron chi connectivity index (χ0n) is 12.9. The van der Waals surface area contributed by atoms with E-state index in [4.69, 9.17) is 0 Å². The van der Waals surface area contributed by atoms with Gasteiger partial charge in [-0.25, -0.2) is 0 Å². The number of benzene rings is 1. The Morgan fingerprint density at radius 1 is 0.947 bits per heavy atom. The van der Waals surface area contributed by atoms with E-state index in [-0.39, 0.29) is 0 Å². The van der Waals surface area contributed by atoms with Crippen molar-refractivity contribution < 1.29 is 0 Å². The van der Waals surface area contributed by atoms with Crippen molar-refractivity contribution in [2.24, 2.45) is 0 Å². The average Bonchev–Trinajstić information content (AvgIpc) is 2.43. The summed E-state index contributed by atoms with van der Waals surface area (Å²) >= 11 is 0. The van der Waals surface area contributed by atoms with E-state index in [0.717, 1.165) is 12.8 Å². The van der Waals surface area contributed by atoms with Crippen LogP contribution in [0, 0.1) is 18.8 Å². The molecule has 0 heteroatoms. The minimum absolute atomic E-state index is 1.05. The maximum atomic E-state index is 3.38. The molecule has 1 aromatic rings. The van der Waals surface area contributed by atoms with Crippen molar-refractivity contribution in [3.05, 3.63) is 34.9 Å². The molecule has 0 N–H and O–H groups in total. The molecule has 0 unspecified atom stereocenters. The van der Waals surface area contributed by atoms with E-state index in [2.05, 4.69) is 50.8 Å². The van der Waals surface area contributed by atoms with Crippen LogP contribution in [0.5, 0.6) is 0 Å². The van der Waals surface area contributed by atoms with Gasteiger partial charge >= 0.3 is 0 Å². The van der Waals surface area contributed by atoms with Crippen LogP contribution in [0.2, 0.25) is 0 Å². The second kappa shape index (κ2) is 9.68. The summed E-state index contributed by atoms with van der Waals surface area (Å²) in [5, 5.41) is 0. The predicted octanol–water partition coefficient (Wildman–Crippen LogP) is 5.66. The van der Waals surface area contributed by atoms with Crippen molar-refractivity contribution in [2.45, 2.75) is 72.1 Å². The molecule has 19 heavy (non-hydrogen) atoms. The molecule has 0 aliphatic rings. The maximum Gasteiger partial charge on any atom is 0.0306 e. The first-order chi connectivity index (χ1) is 9.29. The highest BCUT2D eigenvalue weighted by atomic mass is 14.0. The first-order valence-electron chi connectivity index (χ1n) is 7.87. The summed E-state index contributed by atoms with van der Waals surface area (Å²) in [6.07, 6.45) is 10.2. The van der Waals surface area contributed by atoms with Gasteiger partial charge in [-0.3, -0.25) is 0 Å². The number of hydrogen-bond acceptors (Lipinski definition) is 0. The molecule has 0 nitrogen and oxygen atoms in total. The molecule has 0 radical (unpaired) electrons. The van der Waals surface area contributed by atoms with Crippen LogP contribution >= 0.6 is 0 Å². The van der Waals surface area contributed by atoms with E-state index in [1.807, 2.05) is 0 Å². The van der Waals surface area contributed by atoms with Crippen LogP contribution in [0.1, 0.15) is 75.5 Å². The summed E-state index contributed by atoms with van der Waals surface area (Å²) in [6.45, 7) is 6.63. The van der Waals surface area contributed by atoms with Crippen LogP contribution in [0.15, 0.2) is 18.2 Å². The highest BCUT2D eigenvalue weighted by molar-refractivity contribution is 5.46. The minimum Gasteiger partial charge on any atom is -0.0979 e. The van der Waals surface area contributed by atoms with E-state index < -0.39 is 0 Å². The van der Waals surface area contributed by atoms with E-state index in [1.165, 1.54) is 55.2 Å². The van der Waals surface area contributed by atoms with Gasteiger partial charge in [-0.1, -0.05) is 76.0 Å². The Morgan fingerprint density at radius 3 is 2.42 bits per heavy atom. The van der Waals surface area contributed by atoms with Gasteiger partial charge in [0.1, 0.15) is 0 Å². The predicted molar refractivity (Wildman–Crippen MR) is 85.4 cm³/mol. The van der Waals surface area contributed by atoms with Crippen molar-refractivity contribution in [2.75, 3.05) is 0 Å². The van der Waals surface area contributed by atoms with Crippen molar-refractivity contribution in [3.63, 3.8) is 0 Å². The standard InChI is InChI=1S/C19H28/c1-4-6-7-8-9-10-11-12-16-19-17(3)14-13-15-18(19)5-2/h13-15H,4-11H2,1-3H3. The van der Waals surface area contributed by atoms with Gasteiger partial charge in [0, 0.05) is 12.0 Å². The maximum absolute atomic E-state index is 3.38. The highest BCUT2D eigenvalue weighted by Gasteiger charge is 1.99. The molecule has 0 fully saturated rings. The number of hydrogen-bond donors (Lipinski definition) is 0. The lowest BCUT2D eigenvalue weighted by molar-refractivity contribution is 0.614. The Hall–Kier alpha value is -1.22. The van der Waals surface area contributed by atoms with Crippen LogP contribution in [0.4, 0.5) is 0 Å². The molecule has 1 rings (SSSR count). The van der Waals surface area contributed by atoms with Gasteiger partial charge in [-0.2, -0.15) is 0 Å². The van der Waals surface area contributed by atoms with Gasteiger partial charge in [0.2, 0.25) is 0 Å². The molecule has 1 aromatic carbocycles. The van der Waals surface area contributed by atoms with Crippen LogP contribution < -0.4 is 0 Å². The lowest BCUT2D eigenvalue weighted by atomic mass is 10.0. The van der Waals surface area contributed by atoms with Crippen LogP contribution in [0.25, 0.3) is 0 Å².